The maximum absolute atomic E-state index is 9.96. The smallest absolute Gasteiger partial charge is 0.122 e. The monoisotopic (exact) mass is 330 g/mol. The molecule has 0 aromatic heterocycles. The molecular weight excluding hydrogens is 304 g/mol. The maximum Gasteiger partial charge on any atom is 0.122 e. The minimum absolute atomic E-state index is 0.192. The number of phenolic OH excluding ortho intramolecular Hbond substituents is 2. The second kappa shape index (κ2) is 6.27. The van der Waals surface area contributed by atoms with Gasteiger partial charge in [-0.15, -0.1) is 0 Å². The molecule has 2 rings (SSSR count). The lowest BCUT2D eigenvalue weighted by Crippen LogP contribution is -2.40. The van der Waals surface area contributed by atoms with E-state index in [1.165, 1.54) is 0 Å². The molecule has 4 nitrogen and oxygen atoms in total. The van der Waals surface area contributed by atoms with Crippen LogP contribution in [0.5, 0.6) is 23.0 Å². The number of aromatic hydroxyl groups is 2. The first-order chi connectivity index (χ1) is 11.1. The van der Waals surface area contributed by atoms with E-state index in [-0.39, 0.29) is 11.5 Å². The van der Waals surface area contributed by atoms with Gasteiger partial charge in [-0.2, -0.15) is 0 Å². The van der Waals surface area contributed by atoms with E-state index in [9.17, 15) is 10.2 Å². The van der Waals surface area contributed by atoms with Crippen LogP contribution in [0.25, 0.3) is 0 Å². The Morgan fingerprint density at radius 2 is 1.00 bits per heavy atom. The summed E-state index contributed by atoms with van der Waals surface area (Å²) < 4.78 is 11.0. The molecular formula is C20H26O4. The summed E-state index contributed by atoms with van der Waals surface area (Å²) in [7, 11) is 3.24. The fraction of sp³-hybridized carbons (Fsp3) is 0.400. The normalized spacial score (nSPS) is 12.1. The Morgan fingerprint density at radius 3 is 1.29 bits per heavy atom. The molecule has 24 heavy (non-hydrogen) atoms. The van der Waals surface area contributed by atoms with Gasteiger partial charge < -0.3 is 19.7 Å². The van der Waals surface area contributed by atoms with Gasteiger partial charge in [-0.3, -0.25) is 0 Å². The van der Waals surface area contributed by atoms with Crippen LogP contribution in [0, 0.1) is 0 Å². The second-order valence-corrected chi connectivity index (χ2v) is 7.02. The molecule has 0 spiro atoms. The van der Waals surface area contributed by atoms with E-state index >= 15 is 0 Å². The van der Waals surface area contributed by atoms with Crippen LogP contribution in [0.2, 0.25) is 0 Å². The Kier molecular flexibility index (Phi) is 4.70. The fourth-order valence-corrected chi connectivity index (χ4v) is 3.04. The number of phenols is 2. The molecule has 0 aliphatic rings. The lowest BCUT2D eigenvalue weighted by Gasteiger charge is -2.43. The Balaban J connectivity index is 2.67. The van der Waals surface area contributed by atoms with Gasteiger partial charge in [-0.25, -0.2) is 0 Å². The summed E-state index contributed by atoms with van der Waals surface area (Å²) >= 11 is 0. The third kappa shape index (κ3) is 2.88. The van der Waals surface area contributed by atoms with Gasteiger partial charge in [0.25, 0.3) is 0 Å². The summed E-state index contributed by atoms with van der Waals surface area (Å²) in [5.74, 6) is 1.81. The van der Waals surface area contributed by atoms with Gasteiger partial charge in [0, 0.05) is 22.0 Å². The molecule has 2 N–H and O–H groups in total. The van der Waals surface area contributed by atoms with Crippen LogP contribution < -0.4 is 9.47 Å². The first-order valence-electron chi connectivity index (χ1n) is 7.90. The van der Waals surface area contributed by atoms with Crippen molar-refractivity contribution in [3.05, 3.63) is 47.5 Å². The third-order valence-electron chi connectivity index (χ3n) is 5.28. The molecule has 0 atom stereocenters. The Bertz CT molecular complexity index is 669. The van der Waals surface area contributed by atoms with Crippen molar-refractivity contribution in [2.24, 2.45) is 0 Å². The van der Waals surface area contributed by atoms with Gasteiger partial charge in [0.2, 0.25) is 0 Å². The Morgan fingerprint density at radius 1 is 0.667 bits per heavy atom. The topological polar surface area (TPSA) is 58.9 Å². The molecule has 0 fully saturated rings. The summed E-state index contributed by atoms with van der Waals surface area (Å²) in [6, 6.07) is 10.2. The lowest BCUT2D eigenvalue weighted by molar-refractivity contribution is 0.276. The summed E-state index contributed by atoms with van der Waals surface area (Å²) in [5.41, 5.74) is 0.942. The molecule has 0 radical (unpaired) electrons. The van der Waals surface area contributed by atoms with Gasteiger partial charge in [-0.05, 0) is 36.4 Å². The Labute approximate surface area is 143 Å². The van der Waals surface area contributed by atoms with Crippen LogP contribution in [0.1, 0.15) is 38.8 Å². The number of hydrogen-bond acceptors (Lipinski definition) is 4. The van der Waals surface area contributed by atoms with Gasteiger partial charge >= 0.3 is 0 Å². The number of ether oxygens (including phenoxy) is 2. The van der Waals surface area contributed by atoms with Gasteiger partial charge in [0.05, 0.1) is 14.2 Å². The van der Waals surface area contributed by atoms with E-state index in [2.05, 4.69) is 27.7 Å². The number of methoxy groups -OCH3 is 2. The molecule has 0 amide bonds. The molecule has 0 saturated heterocycles. The van der Waals surface area contributed by atoms with E-state index in [0.717, 1.165) is 11.1 Å². The average molecular weight is 330 g/mol. The van der Waals surface area contributed by atoms with Crippen LogP contribution in [0.15, 0.2) is 36.4 Å². The second-order valence-electron chi connectivity index (χ2n) is 7.02. The van der Waals surface area contributed by atoms with Crippen LogP contribution in [-0.2, 0) is 10.8 Å². The average Bonchev–Trinajstić information content (AvgIpc) is 2.54. The molecule has 0 heterocycles. The van der Waals surface area contributed by atoms with Gasteiger partial charge in [0.1, 0.15) is 23.0 Å². The molecule has 130 valence electrons. The maximum atomic E-state index is 9.96. The summed E-state index contributed by atoms with van der Waals surface area (Å²) in [6.45, 7) is 8.36. The van der Waals surface area contributed by atoms with Crippen molar-refractivity contribution < 1.29 is 19.7 Å². The van der Waals surface area contributed by atoms with Crippen LogP contribution in [0.4, 0.5) is 0 Å². The minimum atomic E-state index is -0.418. The SMILES string of the molecule is COc1ccc(O)cc1C(C)(C)C(C)(C)c1cc(O)ccc1OC. The zero-order chi connectivity index (χ0) is 18.1. The zero-order valence-corrected chi connectivity index (χ0v) is 15.2. The number of benzene rings is 2. The zero-order valence-electron chi connectivity index (χ0n) is 15.2. The highest BCUT2D eigenvalue weighted by atomic mass is 16.5. The van der Waals surface area contributed by atoms with Crippen molar-refractivity contribution in [1.82, 2.24) is 0 Å². The summed E-state index contributed by atoms with van der Waals surface area (Å²) in [6.07, 6.45) is 0. The van der Waals surface area contributed by atoms with E-state index < -0.39 is 10.8 Å². The fourth-order valence-electron chi connectivity index (χ4n) is 3.04. The molecule has 0 aliphatic heterocycles. The molecule has 0 bridgehead atoms. The quantitative estimate of drug-likeness (QED) is 0.854. The summed E-state index contributed by atoms with van der Waals surface area (Å²) in [5, 5.41) is 19.9. The van der Waals surface area contributed by atoms with Crippen molar-refractivity contribution >= 4 is 0 Å². The van der Waals surface area contributed by atoms with E-state index in [1.54, 1.807) is 50.6 Å². The molecule has 4 heteroatoms. The third-order valence-corrected chi connectivity index (χ3v) is 5.28. The van der Waals surface area contributed by atoms with E-state index in [0.29, 0.717) is 11.5 Å². The number of rotatable bonds is 5. The molecule has 0 aliphatic carbocycles. The standard InChI is InChI=1S/C20H26O4/c1-19(2,15-11-13(21)7-9-17(15)23-5)20(3,4)16-12-14(22)8-10-18(16)24-6/h7-12,21-22H,1-6H3. The van der Waals surface area contributed by atoms with Crippen molar-refractivity contribution in [1.29, 1.82) is 0 Å². The molecule has 2 aromatic rings. The molecule has 2 aromatic carbocycles. The van der Waals surface area contributed by atoms with Gasteiger partial charge in [-0.1, -0.05) is 27.7 Å². The van der Waals surface area contributed by atoms with Crippen molar-refractivity contribution in [3.8, 4) is 23.0 Å². The highest BCUT2D eigenvalue weighted by molar-refractivity contribution is 5.51. The minimum Gasteiger partial charge on any atom is -0.508 e. The van der Waals surface area contributed by atoms with Crippen molar-refractivity contribution in [2.75, 3.05) is 14.2 Å². The number of hydrogen-bond donors (Lipinski definition) is 2. The van der Waals surface area contributed by atoms with E-state index in [1.807, 2.05) is 0 Å². The summed E-state index contributed by atoms with van der Waals surface area (Å²) in [4.78, 5) is 0. The first-order valence-corrected chi connectivity index (χ1v) is 7.90. The molecule has 0 saturated carbocycles. The van der Waals surface area contributed by atoms with Crippen LogP contribution in [-0.4, -0.2) is 24.4 Å². The predicted molar refractivity (Wildman–Crippen MR) is 95.4 cm³/mol. The predicted octanol–water partition coefficient (Wildman–Crippen LogP) is 4.37. The van der Waals surface area contributed by atoms with Crippen LogP contribution in [0.3, 0.4) is 0 Å². The van der Waals surface area contributed by atoms with Gasteiger partial charge in [0.15, 0.2) is 0 Å². The highest BCUT2D eigenvalue weighted by Gasteiger charge is 2.43. The first kappa shape index (κ1) is 18.0. The highest BCUT2D eigenvalue weighted by Crippen LogP contribution is 2.50. The molecule has 0 unspecified atom stereocenters. The van der Waals surface area contributed by atoms with Crippen LogP contribution >= 0.6 is 0 Å². The van der Waals surface area contributed by atoms with E-state index in [4.69, 9.17) is 9.47 Å². The largest absolute Gasteiger partial charge is 0.508 e. The lowest BCUT2D eigenvalue weighted by atomic mass is 9.60. The Hall–Kier alpha value is -2.36. The van der Waals surface area contributed by atoms with Crippen molar-refractivity contribution in [2.45, 2.75) is 38.5 Å². The van der Waals surface area contributed by atoms with Crippen molar-refractivity contribution in [3.63, 3.8) is 0 Å².